The van der Waals surface area contributed by atoms with Crippen molar-refractivity contribution in [2.45, 2.75) is 33.6 Å². The molecule has 0 aliphatic rings. The number of anilines is 4. The Morgan fingerprint density at radius 1 is 1.03 bits per heavy atom. The van der Waals surface area contributed by atoms with Crippen LogP contribution in [-0.4, -0.2) is 21.5 Å². The highest BCUT2D eigenvalue weighted by Gasteiger charge is 2.23. The van der Waals surface area contributed by atoms with E-state index in [1.807, 2.05) is 44.2 Å². The van der Waals surface area contributed by atoms with E-state index in [0.717, 1.165) is 35.4 Å². The van der Waals surface area contributed by atoms with Crippen molar-refractivity contribution >= 4 is 28.7 Å². The van der Waals surface area contributed by atoms with Gasteiger partial charge in [0.15, 0.2) is 0 Å². The maximum Gasteiger partial charge on any atom is 0.353 e. The third-order valence-electron chi connectivity index (χ3n) is 4.52. The summed E-state index contributed by atoms with van der Waals surface area (Å²) in [5.41, 5.74) is 3.27. The summed E-state index contributed by atoms with van der Waals surface area (Å²) in [5.74, 6) is 0.995. The number of ether oxygens (including phenoxy) is 1. The highest BCUT2D eigenvalue weighted by Crippen LogP contribution is 2.34. The van der Waals surface area contributed by atoms with Crippen LogP contribution in [0.2, 0.25) is 0 Å². The van der Waals surface area contributed by atoms with Crippen molar-refractivity contribution in [1.82, 2.24) is 9.97 Å². The highest BCUT2D eigenvalue weighted by molar-refractivity contribution is 5.77. The Bertz CT molecular complexity index is 1020. The minimum atomic E-state index is -0.490. The molecule has 0 fully saturated rings. The van der Waals surface area contributed by atoms with E-state index in [2.05, 4.69) is 27.5 Å². The zero-order chi connectivity index (χ0) is 21.5. The van der Waals surface area contributed by atoms with Gasteiger partial charge in [-0.3, -0.25) is 10.1 Å². The molecule has 0 saturated carbocycles. The fraction of sp³-hybridized carbons (Fsp3) is 0.273. The largest absolute Gasteiger partial charge is 0.494 e. The van der Waals surface area contributed by atoms with E-state index in [1.54, 1.807) is 12.1 Å². The summed E-state index contributed by atoms with van der Waals surface area (Å²) in [7, 11) is 0. The van der Waals surface area contributed by atoms with Gasteiger partial charge >= 0.3 is 5.69 Å². The molecular formula is C22H25N5O3. The Labute approximate surface area is 175 Å². The van der Waals surface area contributed by atoms with Crippen LogP contribution in [0.15, 0.2) is 48.8 Å². The lowest BCUT2D eigenvalue weighted by Crippen LogP contribution is -2.06. The van der Waals surface area contributed by atoms with Crippen LogP contribution in [0.4, 0.5) is 28.7 Å². The predicted octanol–water partition coefficient (Wildman–Crippen LogP) is 5.67. The smallest absolute Gasteiger partial charge is 0.353 e. The van der Waals surface area contributed by atoms with Gasteiger partial charge in [-0.25, -0.2) is 9.97 Å². The monoisotopic (exact) mass is 407 g/mol. The second-order valence-corrected chi connectivity index (χ2v) is 6.97. The highest BCUT2D eigenvalue weighted by atomic mass is 16.6. The van der Waals surface area contributed by atoms with E-state index in [-0.39, 0.29) is 17.3 Å². The van der Waals surface area contributed by atoms with E-state index in [4.69, 9.17) is 4.74 Å². The number of benzene rings is 2. The minimum absolute atomic E-state index is 0.113. The molecule has 8 heteroatoms. The number of aromatic nitrogens is 2. The van der Waals surface area contributed by atoms with E-state index in [9.17, 15) is 10.1 Å². The number of unbranched alkanes of at least 4 members (excludes halogenated alkanes) is 1. The number of nitrogens with one attached hydrogen (secondary N) is 2. The molecule has 2 aromatic carbocycles. The van der Waals surface area contributed by atoms with Gasteiger partial charge in [-0.15, -0.1) is 0 Å². The molecule has 0 unspecified atom stereocenters. The van der Waals surface area contributed by atoms with Crippen molar-refractivity contribution in [3.8, 4) is 5.75 Å². The first-order chi connectivity index (χ1) is 14.5. The van der Waals surface area contributed by atoms with Crippen LogP contribution in [0.1, 0.15) is 30.9 Å². The number of nitrogens with zero attached hydrogens (tertiary/aromatic N) is 3. The van der Waals surface area contributed by atoms with Gasteiger partial charge < -0.3 is 15.4 Å². The SMILES string of the molecule is CCCCOc1ccc(Nc2ncnc(Nc3ccc(C)cc3C)c2[N+](=O)[O-])cc1. The van der Waals surface area contributed by atoms with E-state index in [1.165, 1.54) is 6.33 Å². The Morgan fingerprint density at radius 3 is 2.37 bits per heavy atom. The lowest BCUT2D eigenvalue weighted by molar-refractivity contribution is -0.383. The fourth-order valence-corrected chi connectivity index (χ4v) is 2.92. The van der Waals surface area contributed by atoms with Gasteiger partial charge in [0.05, 0.1) is 11.5 Å². The molecule has 8 nitrogen and oxygen atoms in total. The standard InChI is InChI=1S/C22H25N5O3/c1-4-5-12-30-18-9-7-17(8-10-18)25-21-20(27(28)29)22(24-14-23-21)26-19-11-6-15(2)13-16(19)3/h6-11,13-14H,4-5,12H2,1-3H3,(H2,23,24,25,26). The molecule has 2 N–H and O–H groups in total. The van der Waals surface area contributed by atoms with Crippen LogP contribution in [-0.2, 0) is 0 Å². The molecule has 0 atom stereocenters. The number of rotatable bonds is 9. The van der Waals surface area contributed by atoms with Gasteiger partial charge in [-0.05, 0) is 56.2 Å². The number of hydrogen-bond donors (Lipinski definition) is 2. The van der Waals surface area contributed by atoms with Gasteiger partial charge in [0.1, 0.15) is 12.1 Å². The van der Waals surface area contributed by atoms with Crippen LogP contribution in [0.5, 0.6) is 5.75 Å². The molecule has 0 saturated heterocycles. The summed E-state index contributed by atoms with van der Waals surface area (Å²) in [6.07, 6.45) is 3.35. The average molecular weight is 407 g/mol. The summed E-state index contributed by atoms with van der Waals surface area (Å²) in [6, 6.07) is 13.0. The van der Waals surface area contributed by atoms with Gasteiger partial charge in [0, 0.05) is 11.4 Å². The summed E-state index contributed by atoms with van der Waals surface area (Å²) < 4.78 is 5.65. The van der Waals surface area contributed by atoms with Crippen LogP contribution in [0.3, 0.4) is 0 Å². The summed E-state index contributed by atoms with van der Waals surface area (Å²) >= 11 is 0. The molecule has 156 valence electrons. The fourth-order valence-electron chi connectivity index (χ4n) is 2.92. The molecule has 0 radical (unpaired) electrons. The summed E-state index contributed by atoms with van der Waals surface area (Å²) in [6.45, 7) is 6.69. The van der Waals surface area contributed by atoms with E-state index < -0.39 is 4.92 Å². The maximum absolute atomic E-state index is 11.8. The minimum Gasteiger partial charge on any atom is -0.494 e. The van der Waals surface area contributed by atoms with E-state index in [0.29, 0.717) is 12.3 Å². The van der Waals surface area contributed by atoms with Gasteiger partial charge in [-0.2, -0.15) is 0 Å². The van der Waals surface area contributed by atoms with Crippen LogP contribution in [0.25, 0.3) is 0 Å². The van der Waals surface area contributed by atoms with Crippen molar-refractivity contribution in [2.75, 3.05) is 17.2 Å². The number of hydrogen-bond acceptors (Lipinski definition) is 7. The quantitative estimate of drug-likeness (QED) is 0.268. The van der Waals surface area contributed by atoms with Crippen molar-refractivity contribution in [1.29, 1.82) is 0 Å². The first kappa shape index (κ1) is 21.0. The first-order valence-corrected chi connectivity index (χ1v) is 9.81. The average Bonchev–Trinajstić information content (AvgIpc) is 2.71. The molecule has 0 aliphatic heterocycles. The molecule has 3 rings (SSSR count). The normalized spacial score (nSPS) is 10.5. The van der Waals surface area contributed by atoms with Gasteiger partial charge in [0.25, 0.3) is 0 Å². The molecule has 0 aliphatic carbocycles. The second-order valence-electron chi connectivity index (χ2n) is 6.97. The molecule has 1 heterocycles. The zero-order valence-corrected chi connectivity index (χ0v) is 17.3. The maximum atomic E-state index is 11.8. The lowest BCUT2D eigenvalue weighted by Gasteiger charge is -2.12. The first-order valence-electron chi connectivity index (χ1n) is 9.81. The summed E-state index contributed by atoms with van der Waals surface area (Å²) in [5, 5.41) is 17.9. The zero-order valence-electron chi connectivity index (χ0n) is 17.3. The number of aryl methyl sites for hydroxylation is 2. The van der Waals surface area contributed by atoms with Gasteiger partial charge in [0.2, 0.25) is 11.6 Å². The molecule has 3 aromatic rings. The number of nitro groups is 1. The van der Waals surface area contributed by atoms with E-state index >= 15 is 0 Å². The van der Waals surface area contributed by atoms with Crippen molar-refractivity contribution in [3.05, 3.63) is 70.0 Å². The Balaban J connectivity index is 1.83. The molecular weight excluding hydrogens is 382 g/mol. The van der Waals surface area contributed by atoms with Crippen molar-refractivity contribution in [3.63, 3.8) is 0 Å². The molecule has 1 aromatic heterocycles. The molecule has 0 spiro atoms. The Hall–Kier alpha value is -3.68. The third-order valence-corrected chi connectivity index (χ3v) is 4.52. The topological polar surface area (TPSA) is 102 Å². The van der Waals surface area contributed by atoms with Gasteiger partial charge in [-0.1, -0.05) is 31.0 Å². The third kappa shape index (κ3) is 5.22. The van der Waals surface area contributed by atoms with Crippen LogP contribution < -0.4 is 15.4 Å². The predicted molar refractivity (Wildman–Crippen MR) is 118 cm³/mol. The lowest BCUT2D eigenvalue weighted by atomic mass is 10.1. The van der Waals surface area contributed by atoms with Crippen LogP contribution >= 0.6 is 0 Å². The molecule has 0 bridgehead atoms. The Morgan fingerprint density at radius 2 is 1.73 bits per heavy atom. The second kappa shape index (κ2) is 9.69. The Kier molecular flexibility index (Phi) is 6.79. The summed E-state index contributed by atoms with van der Waals surface area (Å²) in [4.78, 5) is 19.5. The van der Waals surface area contributed by atoms with Crippen molar-refractivity contribution in [2.24, 2.45) is 0 Å². The molecule has 30 heavy (non-hydrogen) atoms. The van der Waals surface area contributed by atoms with Crippen LogP contribution in [0, 0.1) is 24.0 Å². The molecule has 0 amide bonds. The van der Waals surface area contributed by atoms with Crippen molar-refractivity contribution < 1.29 is 9.66 Å².